The Balaban J connectivity index is 1.47. The van der Waals surface area contributed by atoms with Gasteiger partial charge in [0.25, 0.3) is 0 Å². The van der Waals surface area contributed by atoms with Crippen molar-refractivity contribution in [1.29, 1.82) is 0 Å². The molecule has 0 spiro atoms. The third-order valence-corrected chi connectivity index (χ3v) is 4.01. The lowest BCUT2D eigenvalue weighted by molar-refractivity contribution is -0.116. The highest BCUT2D eigenvalue weighted by molar-refractivity contribution is 5.90. The Morgan fingerprint density at radius 1 is 1.43 bits per heavy atom. The highest BCUT2D eigenvalue weighted by Gasteiger charge is 2.27. The molecule has 3 aromatic rings. The number of carbonyl (C=O) groups excluding carboxylic acids is 1. The van der Waals surface area contributed by atoms with Crippen molar-refractivity contribution in [3.63, 3.8) is 0 Å². The molecule has 0 saturated heterocycles. The molecule has 1 saturated carbocycles. The number of benzene rings is 1. The summed E-state index contributed by atoms with van der Waals surface area (Å²) in [6.45, 7) is 0.211. The van der Waals surface area contributed by atoms with Crippen molar-refractivity contribution in [2.45, 2.75) is 25.3 Å². The summed E-state index contributed by atoms with van der Waals surface area (Å²) in [6, 6.07) is 7.73. The molecule has 1 aliphatic rings. The molecule has 1 aromatic carbocycles. The van der Waals surface area contributed by atoms with Crippen LogP contribution in [0.1, 0.15) is 24.6 Å². The predicted molar refractivity (Wildman–Crippen MR) is 85.5 cm³/mol. The highest BCUT2D eigenvalue weighted by atomic mass is 16.5. The van der Waals surface area contributed by atoms with Crippen LogP contribution in [0.3, 0.4) is 0 Å². The first-order valence-electron chi connectivity index (χ1n) is 7.58. The van der Waals surface area contributed by atoms with Gasteiger partial charge in [0.2, 0.25) is 11.9 Å². The second-order valence-corrected chi connectivity index (χ2v) is 5.74. The number of carbonyl (C=O) groups is 1. The zero-order chi connectivity index (χ0) is 15.8. The molecule has 2 heterocycles. The number of anilines is 1. The average Bonchev–Trinajstić information content (AvgIpc) is 3.19. The number of nitrogens with one attached hydrogen (secondary N) is 2. The second-order valence-electron chi connectivity index (χ2n) is 5.74. The number of aromatic amines is 1. The van der Waals surface area contributed by atoms with Crippen LogP contribution in [-0.2, 0) is 11.3 Å². The maximum absolute atomic E-state index is 12.2. The summed E-state index contributed by atoms with van der Waals surface area (Å²) in [5.41, 5.74) is 0.981. The van der Waals surface area contributed by atoms with Crippen molar-refractivity contribution >= 4 is 22.8 Å². The molecule has 0 unspecified atom stereocenters. The second kappa shape index (κ2) is 5.42. The normalized spacial score (nSPS) is 14.1. The molecule has 0 aliphatic heterocycles. The number of nitrogens with zero attached hydrogens (tertiary/aromatic N) is 3. The molecule has 23 heavy (non-hydrogen) atoms. The molecule has 0 atom stereocenters. The Labute approximate surface area is 132 Å². The van der Waals surface area contributed by atoms with Crippen LogP contribution in [-0.4, -0.2) is 32.8 Å². The molecule has 2 aromatic heterocycles. The molecule has 0 bridgehead atoms. The van der Waals surface area contributed by atoms with Gasteiger partial charge in [-0.05, 0) is 37.1 Å². The molecule has 7 heteroatoms. The predicted octanol–water partition coefficient (Wildman–Crippen LogP) is 2.28. The van der Waals surface area contributed by atoms with E-state index in [2.05, 4.69) is 20.5 Å². The smallest absolute Gasteiger partial charge is 0.248 e. The minimum Gasteiger partial charge on any atom is -0.497 e. The van der Waals surface area contributed by atoms with Gasteiger partial charge in [-0.3, -0.25) is 15.2 Å². The number of ether oxygens (including phenoxy) is 1. The quantitative estimate of drug-likeness (QED) is 0.757. The van der Waals surface area contributed by atoms with E-state index in [1.807, 2.05) is 35.0 Å². The highest BCUT2D eigenvalue weighted by Crippen LogP contribution is 2.38. The van der Waals surface area contributed by atoms with Crippen molar-refractivity contribution < 1.29 is 9.53 Å². The number of hydrogen-bond acceptors (Lipinski definition) is 4. The van der Waals surface area contributed by atoms with Crippen LogP contribution in [0.15, 0.2) is 30.5 Å². The van der Waals surface area contributed by atoms with E-state index in [0.717, 1.165) is 35.3 Å². The van der Waals surface area contributed by atoms with Crippen LogP contribution >= 0.6 is 0 Å². The van der Waals surface area contributed by atoms with E-state index in [-0.39, 0.29) is 12.5 Å². The monoisotopic (exact) mass is 311 g/mol. The van der Waals surface area contributed by atoms with Crippen LogP contribution in [0.25, 0.3) is 10.9 Å². The van der Waals surface area contributed by atoms with E-state index in [9.17, 15) is 4.79 Å². The minimum absolute atomic E-state index is 0.153. The molecular formula is C16H17N5O2. The first-order valence-corrected chi connectivity index (χ1v) is 7.58. The number of H-pyrrole nitrogens is 1. The lowest BCUT2D eigenvalue weighted by Gasteiger charge is -2.05. The van der Waals surface area contributed by atoms with Crippen LogP contribution < -0.4 is 10.1 Å². The van der Waals surface area contributed by atoms with Gasteiger partial charge in [-0.15, -0.1) is 5.10 Å². The Morgan fingerprint density at radius 3 is 3.09 bits per heavy atom. The van der Waals surface area contributed by atoms with Crippen molar-refractivity contribution in [3.8, 4) is 5.75 Å². The number of methoxy groups -OCH3 is 1. The van der Waals surface area contributed by atoms with Crippen LogP contribution in [0, 0.1) is 0 Å². The van der Waals surface area contributed by atoms with Gasteiger partial charge in [0.15, 0.2) is 0 Å². The van der Waals surface area contributed by atoms with Crippen LogP contribution in [0.4, 0.5) is 5.95 Å². The summed E-state index contributed by atoms with van der Waals surface area (Å²) in [5.74, 6) is 2.33. The van der Waals surface area contributed by atoms with Crippen LogP contribution in [0.5, 0.6) is 5.75 Å². The standard InChI is InChI=1S/C16H17N5O2/c1-23-12-4-5-13-11(8-12)6-7-21(13)9-14(22)17-16-18-15(19-20-16)10-2-3-10/h4-8,10H,2-3,9H2,1H3,(H2,17,18,19,20,22). The topological polar surface area (TPSA) is 84.8 Å². The van der Waals surface area contributed by atoms with Crippen molar-refractivity contribution in [2.24, 2.45) is 0 Å². The maximum Gasteiger partial charge on any atom is 0.248 e. The average molecular weight is 311 g/mol. The third kappa shape index (κ3) is 2.77. The Kier molecular flexibility index (Phi) is 3.25. The van der Waals surface area contributed by atoms with E-state index in [1.165, 1.54) is 0 Å². The fourth-order valence-electron chi connectivity index (χ4n) is 2.63. The van der Waals surface area contributed by atoms with E-state index in [0.29, 0.717) is 11.9 Å². The number of hydrogen-bond donors (Lipinski definition) is 2. The Bertz CT molecular complexity index is 862. The van der Waals surface area contributed by atoms with Gasteiger partial charge in [0, 0.05) is 23.0 Å². The Hall–Kier alpha value is -2.83. The lowest BCUT2D eigenvalue weighted by Crippen LogP contribution is -2.19. The SMILES string of the molecule is COc1ccc2c(ccn2CC(=O)Nc2n[nH]c(C3CC3)n2)c1. The van der Waals surface area contributed by atoms with Crippen molar-refractivity contribution in [2.75, 3.05) is 12.4 Å². The van der Waals surface area contributed by atoms with E-state index >= 15 is 0 Å². The molecule has 118 valence electrons. The molecule has 1 fully saturated rings. The first-order chi connectivity index (χ1) is 11.2. The fourth-order valence-corrected chi connectivity index (χ4v) is 2.63. The van der Waals surface area contributed by atoms with Crippen LogP contribution in [0.2, 0.25) is 0 Å². The van der Waals surface area contributed by atoms with Gasteiger partial charge in [-0.1, -0.05) is 0 Å². The first kappa shape index (κ1) is 13.8. The summed E-state index contributed by atoms with van der Waals surface area (Å²) in [7, 11) is 1.64. The van der Waals surface area contributed by atoms with Crippen molar-refractivity contribution in [1.82, 2.24) is 19.7 Å². The largest absolute Gasteiger partial charge is 0.497 e. The zero-order valence-electron chi connectivity index (χ0n) is 12.7. The van der Waals surface area contributed by atoms with Gasteiger partial charge >= 0.3 is 0 Å². The van der Waals surface area contributed by atoms with Gasteiger partial charge in [-0.2, -0.15) is 4.98 Å². The van der Waals surface area contributed by atoms with Crippen molar-refractivity contribution in [3.05, 3.63) is 36.3 Å². The molecule has 7 nitrogen and oxygen atoms in total. The molecule has 2 N–H and O–H groups in total. The number of aromatic nitrogens is 4. The van der Waals surface area contributed by atoms with Gasteiger partial charge < -0.3 is 9.30 Å². The minimum atomic E-state index is -0.153. The molecule has 4 rings (SSSR count). The van der Waals surface area contributed by atoms with Gasteiger partial charge in [-0.25, -0.2) is 0 Å². The lowest BCUT2D eigenvalue weighted by atomic mass is 10.2. The number of fused-ring (bicyclic) bond motifs is 1. The van der Waals surface area contributed by atoms with Gasteiger partial charge in [0.1, 0.15) is 18.1 Å². The maximum atomic E-state index is 12.2. The molecule has 1 amide bonds. The fraction of sp³-hybridized carbons (Fsp3) is 0.312. The zero-order valence-corrected chi connectivity index (χ0v) is 12.7. The molecule has 1 aliphatic carbocycles. The summed E-state index contributed by atoms with van der Waals surface area (Å²) >= 11 is 0. The summed E-state index contributed by atoms with van der Waals surface area (Å²) in [6.07, 6.45) is 4.17. The number of amides is 1. The number of rotatable bonds is 5. The van der Waals surface area contributed by atoms with E-state index in [1.54, 1.807) is 7.11 Å². The molecular weight excluding hydrogens is 294 g/mol. The van der Waals surface area contributed by atoms with E-state index < -0.39 is 0 Å². The summed E-state index contributed by atoms with van der Waals surface area (Å²) < 4.78 is 7.10. The van der Waals surface area contributed by atoms with E-state index in [4.69, 9.17) is 4.74 Å². The summed E-state index contributed by atoms with van der Waals surface area (Å²) in [5, 5.41) is 10.7. The summed E-state index contributed by atoms with van der Waals surface area (Å²) in [4.78, 5) is 16.5. The Morgan fingerprint density at radius 2 is 2.30 bits per heavy atom. The van der Waals surface area contributed by atoms with Gasteiger partial charge in [0.05, 0.1) is 7.11 Å². The molecule has 0 radical (unpaired) electrons. The third-order valence-electron chi connectivity index (χ3n) is 4.01.